The molecule has 2 rings (SSSR count). The molecule has 0 atom stereocenters. The van der Waals surface area contributed by atoms with Crippen LogP contribution in [-0.4, -0.2) is 33.3 Å². The zero-order chi connectivity index (χ0) is 19.5. The molecule has 0 radical (unpaired) electrons. The van der Waals surface area contributed by atoms with Crippen LogP contribution < -0.4 is 9.47 Å². The van der Waals surface area contributed by atoms with E-state index < -0.39 is 27.7 Å². The van der Waals surface area contributed by atoms with E-state index in [0.29, 0.717) is 10.4 Å². The minimum Gasteiger partial charge on any atom is -0.486 e. The van der Waals surface area contributed by atoms with Crippen LogP contribution in [0.1, 0.15) is 5.69 Å². The number of nitrogens with zero attached hydrogens (tertiary/aromatic N) is 3. The Bertz CT molecular complexity index is 813. The lowest BCUT2D eigenvalue weighted by Crippen LogP contribution is -2.12. The summed E-state index contributed by atoms with van der Waals surface area (Å²) in [5.41, 5.74) is -1.45. The van der Waals surface area contributed by atoms with E-state index >= 15 is 0 Å². The standard InChI is InChI=1S/C14H13ClF3N3O4S/c1-20-12(14(16,17)18)11(15)13(19-20)25-8-3-4-9(21(22)23)10(7-8)24-5-6-26-2/h3-4,7H,5-6H2,1-2H3. The average molecular weight is 412 g/mol. The molecule has 12 heteroatoms. The number of hydrogen-bond acceptors (Lipinski definition) is 6. The van der Waals surface area contributed by atoms with Gasteiger partial charge in [0.1, 0.15) is 10.8 Å². The summed E-state index contributed by atoms with van der Waals surface area (Å²) in [7, 11) is 1.08. The van der Waals surface area contributed by atoms with E-state index in [1.165, 1.54) is 23.9 Å². The third-order valence-electron chi connectivity index (χ3n) is 3.12. The molecule has 0 amide bonds. The third kappa shape index (κ3) is 4.52. The zero-order valence-electron chi connectivity index (χ0n) is 13.5. The van der Waals surface area contributed by atoms with Gasteiger partial charge in [0.15, 0.2) is 5.69 Å². The second-order valence-electron chi connectivity index (χ2n) is 4.92. The number of rotatable bonds is 7. The number of hydrogen-bond donors (Lipinski definition) is 0. The van der Waals surface area contributed by atoms with Crippen LogP contribution in [0.3, 0.4) is 0 Å². The first-order chi connectivity index (χ1) is 12.1. The fourth-order valence-corrected chi connectivity index (χ4v) is 2.57. The van der Waals surface area contributed by atoms with Gasteiger partial charge in [0.2, 0.25) is 5.75 Å². The molecule has 0 aliphatic rings. The quantitative estimate of drug-likeness (QED) is 0.378. The molecule has 0 bridgehead atoms. The van der Waals surface area contributed by atoms with Gasteiger partial charge in [-0.05, 0) is 12.3 Å². The van der Waals surface area contributed by atoms with E-state index in [4.69, 9.17) is 21.1 Å². The molecule has 0 saturated carbocycles. The van der Waals surface area contributed by atoms with Gasteiger partial charge in [0.05, 0.1) is 11.5 Å². The first-order valence-corrected chi connectivity index (χ1v) is 8.80. The van der Waals surface area contributed by atoms with Gasteiger partial charge in [-0.25, -0.2) is 0 Å². The molecule has 2 aromatic rings. The second-order valence-corrected chi connectivity index (χ2v) is 6.28. The summed E-state index contributed by atoms with van der Waals surface area (Å²) in [4.78, 5) is 10.4. The largest absolute Gasteiger partial charge is 0.486 e. The number of aryl methyl sites for hydroxylation is 1. The van der Waals surface area contributed by atoms with Gasteiger partial charge in [-0.2, -0.15) is 24.9 Å². The van der Waals surface area contributed by atoms with E-state index in [9.17, 15) is 23.3 Å². The number of nitro benzene ring substituents is 1. The fraction of sp³-hybridized carbons (Fsp3) is 0.357. The van der Waals surface area contributed by atoms with Crippen LogP contribution in [0.25, 0.3) is 0 Å². The Labute approximate surface area is 155 Å². The summed E-state index contributed by atoms with van der Waals surface area (Å²) in [5, 5.41) is 13.9. The summed E-state index contributed by atoms with van der Waals surface area (Å²) in [6, 6.07) is 3.56. The Morgan fingerprint density at radius 3 is 2.65 bits per heavy atom. The normalized spacial score (nSPS) is 11.5. The lowest BCUT2D eigenvalue weighted by Gasteiger charge is -2.09. The number of ether oxygens (including phenoxy) is 2. The highest BCUT2D eigenvalue weighted by Gasteiger charge is 2.39. The number of alkyl halides is 3. The third-order valence-corrected chi connectivity index (χ3v) is 4.03. The van der Waals surface area contributed by atoms with E-state index in [2.05, 4.69) is 5.10 Å². The van der Waals surface area contributed by atoms with Crippen LogP contribution in [0.4, 0.5) is 18.9 Å². The van der Waals surface area contributed by atoms with Crippen molar-refractivity contribution in [1.82, 2.24) is 9.78 Å². The topological polar surface area (TPSA) is 79.4 Å². The summed E-state index contributed by atoms with van der Waals surface area (Å²) >= 11 is 7.21. The number of nitro groups is 1. The number of benzene rings is 1. The first-order valence-electron chi connectivity index (χ1n) is 7.03. The minimum atomic E-state index is -4.71. The molecule has 0 spiro atoms. The van der Waals surface area contributed by atoms with Crippen LogP contribution >= 0.6 is 23.4 Å². The molecule has 0 saturated heterocycles. The Hall–Kier alpha value is -2.14. The molecule has 0 aliphatic heterocycles. The highest BCUT2D eigenvalue weighted by Crippen LogP contribution is 2.41. The molecule has 7 nitrogen and oxygen atoms in total. The fourth-order valence-electron chi connectivity index (χ4n) is 2.02. The van der Waals surface area contributed by atoms with E-state index in [1.807, 2.05) is 6.26 Å². The predicted octanol–water partition coefficient (Wildman–Crippen LogP) is 4.53. The number of thioether (sulfide) groups is 1. The maximum Gasteiger partial charge on any atom is 0.434 e. The molecular formula is C14H13ClF3N3O4S. The Morgan fingerprint density at radius 1 is 1.42 bits per heavy atom. The molecule has 0 unspecified atom stereocenters. The highest BCUT2D eigenvalue weighted by atomic mass is 35.5. The maximum absolute atomic E-state index is 12.9. The van der Waals surface area contributed by atoms with Crippen molar-refractivity contribution in [2.24, 2.45) is 7.05 Å². The van der Waals surface area contributed by atoms with Crippen molar-refractivity contribution in [2.45, 2.75) is 6.18 Å². The van der Waals surface area contributed by atoms with Crippen LogP contribution in [0, 0.1) is 10.1 Å². The number of halogens is 4. The summed E-state index contributed by atoms with van der Waals surface area (Å²) in [6.45, 7) is 0.216. The first kappa shape index (κ1) is 20.2. The summed E-state index contributed by atoms with van der Waals surface area (Å²) in [5.74, 6) is 0.0713. The predicted molar refractivity (Wildman–Crippen MR) is 90.3 cm³/mol. The monoisotopic (exact) mass is 411 g/mol. The van der Waals surface area contributed by atoms with Crippen molar-refractivity contribution >= 4 is 29.1 Å². The van der Waals surface area contributed by atoms with Crippen molar-refractivity contribution in [1.29, 1.82) is 0 Å². The van der Waals surface area contributed by atoms with E-state index in [-0.39, 0.29) is 23.8 Å². The van der Waals surface area contributed by atoms with Crippen LogP contribution in [-0.2, 0) is 13.2 Å². The zero-order valence-corrected chi connectivity index (χ0v) is 15.1. The van der Waals surface area contributed by atoms with Crippen LogP contribution in [0.15, 0.2) is 18.2 Å². The van der Waals surface area contributed by atoms with Crippen molar-refractivity contribution in [3.05, 3.63) is 39.0 Å². The molecule has 0 aliphatic carbocycles. The average Bonchev–Trinajstić information content (AvgIpc) is 2.81. The molecule has 1 heterocycles. The van der Waals surface area contributed by atoms with Gasteiger partial charge in [-0.3, -0.25) is 14.8 Å². The summed E-state index contributed by atoms with van der Waals surface area (Å²) in [6.07, 6.45) is -2.86. The van der Waals surface area contributed by atoms with Gasteiger partial charge >= 0.3 is 11.9 Å². The van der Waals surface area contributed by atoms with Gasteiger partial charge in [0.25, 0.3) is 5.88 Å². The molecule has 0 N–H and O–H groups in total. The highest BCUT2D eigenvalue weighted by molar-refractivity contribution is 7.98. The van der Waals surface area contributed by atoms with Crippen molar-refractivity contribution < 1.29 is 27.6 Å². The molecule has 0 fully saturated rings. The van der Waals surface area contributed by atoms with E-state index in [0.717, 1.165) is 13.1 Å². The van der Waals surface area contributed by atoms with Crippen LogP contribution in [0.2, 0.25) is 5.02 Å². The second kappa shape index (κ2) is 8.04. The number of aromatic nitrogens is 2. The van der Waals surface area contributed by atoms with Gasteiger partial charge < -0.3 is 9.47 Å². The van der Waals surface area contributed by atoms with E-state index in [1.54, 1.807) is 0 Å². The maximum atomic E-state index is 12.9. The van der Waals surface area contributed by atoms with Crippen molar-refractivity contribution in [2.75, 3.05) is 18.6 Å². The lowest BCUT2D eigenvalue weighted by atomic mass is 10.3. The Kier molecular flexibility index (Phi) is 6.24. The SMILES string of the molecule is CSCCOc1cc(Oc2nn(C)c(C(F)(F)F)c2Cl)ccc1[N+](=O)[O-]. The van der Waals surface area contributed by atoms with Crippen molar-refractivity contribution in [3.63, 3.8) is 0 Å². The molecule has 26 heavy (non-hydrogen) atoms. The minimum absolute atomic E-state index is 0.00322. The summed E-state index contributed by atoms with van der Waals surface area (Å²) < 4.78 is 50.0. The molecule has 1 aromatic carbocycles. The van der Waals surface area contributed by atoms with Gasteiger partial charge in [0, 0.05) is 24.9 Å². The Morgan fingerprint density at radius 2 is 2.12 bits per heavy atom. The molecule has 142 valence electrons. The van der Waals surface area contributed by atoms with Crippen molar-refractivity contribution in [3.8, 4) is 17.4 Å². The Balaban J connectivity index is 2.33. The molecule has 1 aromatic heterocycles. The van der Waals surface area contributed by atoms with Gasteiger partial charge in [-0.1, -0.05) is 11.6 Å². The lowest BCUT2D eigenvalue weighted by molar-refractivity contribution is -0.385. The smallest absolute Gasteiger partial charge is 0.434 e. The van der Waals surface area contributed by atoms with Crippen LogP contribution in [0.5, 0.6) is 17.4 Å². The van der Waals surface area contributed by atoms with Gasteiger partial charge in [-0.15, -0.1) is 5.10 Å². The molecular weight excluding hydrogens is 399 g/mol.